The van der Waals surface area contributed by atoms with Gasteiger partial charge in [0.15, 0.2) is 6.61 Å². The van der Waals surface area contributed by atoms with E-state index in [4.69, 9.17) is 22.1 Å². The first-order valence-electron chi connectivity index (χ1n) is 5.80. The van der Waals surface area contributed by atoms with Crippen molar-refractivity contribution < 1.29 is 14.3 Å². The highest BCUT2D eigenvalue weighted by Gasteiger charge is 2.15. The van der Waals surface area contributed by atoms with Gasteiger partial charge in [-0.15, -0.1) is 0 Å². The third-order valence-corrected chi connectivity index (χ3v) is 3.07. The summed E-state index contributed by atoms with van der Waals surface area (Å²) < 4.78 is 4.93. The zero-order chi connectivity index (χ0) is 14.6. The lowest BCUT2D eigenvalue weighted by atomic mass is 10.2. The van der Waals surface area contributed by atoms with Crippen molar-refractivity contribution in [2.75, 3.05) is 19.4 Å². The van der Waals surface area contributed by atoms with Gasteiger partial charge in [0.25, 0.3) is 5.91 Å². The van der Waals surface area contributed by atoms with E-state index in [0.717, 1.165) is 0 Å². The number of anilines is 1. The molecule has 0 aromatic heterocycles. The minimum atomic E-state index is -0.603. The summed E-state index contributed by atoms with van der Waals surface area (Å²) in [7, 11) is 1.65. The number of ether oxygens (including phenoxy) is 1. The van der Waals surface area contributed by atoms with Gasteiger partial charge in [-0.3, -0.25) is 4.79 Å². The van der Waals surface area contributed by atoms with E-state index in [1.807, 2.05) is 13.8 Å². The Morgan fingerprint density at radius 1 is 1.42 bits per heavy atom. The molecule has 1 aromatic carbocycles. The van der Waals surface area contributed by atoms with E-state index in [1.54, 1.807) is 7.05 Å². The Kier molecular flexibility index (Phi) is 5.18. The highest BCUT2D eigenvalue weighted by Crippen LogP contribution is 2.19. The number of nitrogens with zero attached hydrogens (tertiary/aromatic N) is 1. The Hall–Kier alpha value is -1.75. The molecular formula is C13H17ClN2O3. The number of nitrogens with two attached hydrogens (primary N) is 1. The van der Waals surface area contributed by atoms with Gasteiger partial charge >= 0.3 is 5.97 Å². The molecule has 0 aliphatic carbocycles. The number of amides is 1. The molecule has 0 saturated heterocycles. The first-order valence-corrected chi connectivity index (χ1v) is 6.18. The van der Waals surface area contributed by atoms with E-state index < -0.39 is 5.97 Å². The van der Waals surface area contributed by atoms with Gasteiger partial charge in [-0.2, -0.15) is 0 Å². The predicted octanol–water partition coefficient (Wildman–Crippen LogP) is 1.95. The second kappa shape index (κ2) is 6.43. The molecule has 0 radical (unpaired) electrons. The number of carbonyl (C=O) groups is 2. The Bertz CT molecular complexity index is 489. The SMILES string of the molecule is CC(C)N(C)C(=O)COC(=O)c1ccc(Cl)c(N)c1. The first-order chi connectivity index (χ1) is 8.82. The Morgan fingerprint density at radius 2 is 2.05 bits per heavy atom. The molecule has 5 nitrogen and oxygen atoms in total. The van der Waals surface area contributed by atoms with Crippen molar-refractivity contribution in [2.24, 2.45) is 0 Å². The number of benzene rings is 1. The average molecular weight is 285 g/mol. The van der Waals surface area contributed by atoms with Gasteiger partial charge in [-0.25, -0.2) is 4.79 Å². The predicted molar refractivity (Wildman–Crippen MR) is 74.1 cm³/mol. The van der Waals surface area contributed by atoms with Gasteiger partial charge in [-0.1, -0.05) is 11.6 Å². The van der Waals surface area contributed by atoms with Crippen molar-refractivity contribution in [3.8, 4) is 0 Å². The zero-order valence-corrected chi connectivity index (χ0v) is 11.9. The van der Waals surface area contributed by atoms with Crippen molar-refractivity contribution in [3.05, 3.63) is 28.8 Å². The zero-order valence-electron chi connectivity index (χ0n) is 11.1. The molecule has 0 fully saturated rings. The maximum Gasteiger partial charge on any atom is 0.338 e. The van der Waals surface area contributed by atoms with Gasteiger partial charge in [-0.05, 0) is 32.0 Å². The van der Waals surface area contributed by atoms with Crippen LogP contribution in [0.5, 0.6) is 0 Å². The fourth-order valence-electron chi connectivity index (χ4n) is 1.27. The second-order valence-electron chi connectivity index (χ2n) is 4.41. The summed E-state index contributed by atoms with van der Waals surface area (Å²) in [5, 5.41) is 0.368. The molecule has 19 heavy (non-hydrogen) atoms. The molecule has 1 rings (SSSR count). The van der Waals surface area contributed by atoms with E-state index in [9.17, 15) is 9.59 Å². The number of esters is 1. The summed E-state index contributed by atoms with van der Waals surface area (Å²) in [5.74, 6) is -0.862. The summed E-state index contributed by atoms with van der Waals surface area (Å²) >= 11 is 5.75. The van der Waals surface area contributed by atoms with E-state index >= 15 is 0 Å². The number of hydrogen-bond acceptors (Lipinski definition) is 4. The van der Waals surface area contributed by atoms with Crippen LogP contribution >= 0.6 is 11.6 Å². The molecule has 0 spiro atoms. The van der Waals surface area contributed by atoms with Crippen LogP contribution in [0.25, 0.3) is 0 Å². The lowest BCUT2D eigenvalue weighted by Crippen LogP contribution is -2.36. The molecule has 6 heteroatoms. The average Bonchev–Trinajstić information content (AvgIpc) is 2.37. The number of hydrogen-bond donors (Lipinski definition) is 1. The van der Waals surface area contributed by atoms with Gasteiger partial charge in [0, 0.05) is 13.1 Å². The largest absolute Gasteiger partial charge is 0.452 e. The molecule has 1 aromatic rings. The lowest BCUT2D eigenvalue weighted by molar-refractivity contribution is -0.134. The van der Waals surface area contributed by atoms with E-state index in [2.05, 4.69) is 0 Å². The van der Waals surface area contributed by atoms with Crippen LogP contribution in [-0.4, -0.2) is 36.5 Å². The third-order valence-electron chi connectivity index (χ3n) is 2.73. The smallest absolute Gasteiger partial charge is 0.338 e. The van der Waals surface area contributed by atoms with E-state index in [1.165, 1.54) is 23.1 Å². The van der Waals surface area contributed by atoms with E-state index in [-0.39, 0.29) is 24.1 Å². The van der Waals surface area contributed by atoms with Crippen molar-refractivity contribution in [3.63, 3.8) is 0 Å². The van der Waals surface area contributed by atoms with Crippen LogP contribution in [0.4, 0.5) is 5.69 Å². The topological polar surface area (TPSA) is 72.6 Å². The third kappa shape index (κ3) is 4.13. The van der Waals surface area contributed by atoms with Gasteiger partial charge in [0.1, 0.15) is 0 Å². The molecule has 0 aliphatic rings. The van der Waals surface area contributed by atoms with Crippen molar-refractivity contribution >= 4 is 29.2 Å². The fraction of sp³-hybridized carbons (Fsp3) is 0.385. The maximum absolute atomic E-state index is 11.7. The lowest BCUT2D eigenvalue weighted by Gasteiger charge is -2.21. The van der Waals surface area contributed by atoms with Crippen LogP contribution in [0.3, 0.4) is 0 Å². The van der Waals surface area contributed by atoms with Crippen molar-refractivity contribution in [1.82, 2.24) is 4.90 Å². The standard InChI is InChI=1S/C13H17ClN2O3/c1-8(2)16(3)12(17)7-19-13(18)9-4-5-10(14)11(15)6-9/h4-6,8H,7,15H2,1-3H3. The summed E-state index contributed by atoms with van der Waals surface area (Å²) in [6.07, 6.45) is 0. The molecule has 1 amide bonds. The highest BCUT2D eigenvalue weighted by molar-refractivity contribution is 6.33. The van der Waals surface area contributed by atoms with Crippen LogP contribution in [0.1, 0.15) is 24.2 Å². The quantitative estimate of drug-likeness (QED) is 0.677. The minimum Gasteiger partial charge on any atom is -0.452 e. The van der Waals surface area contributed by atoms with Crippen LogP contribution < -0.4 is 5.73 Å². The summed E-state index contributed by atoms with van der Waals surface area (Å²) in [6, 6.07) is 4.48. The molecule has 0 saturated carbocycles. The molecule has 2 N–H and O–H groups in total. The van der Waals surface area contributed by atoms with Crippen LogP contribution in [0.15, 0.2) is 18.2 Å². The molecule has 0 atom stereocenters. The fourth-order valence-corrected chi connectivity index (χ4v) is 1.39. The van der Waals surface area contributed by atoms with Gasteiger partial charge < -0.3 is 15.4 Å². The van der Waals surface area contributed by atoms with Gasteiger partial charge in [0.05, 0.1) is 16.3 Å². The molecule has 0 unspecified atom stereocenters. The number of halogens is 1. The first kappa shape index (κ1) is 15.3. The molecular weight excluding hydrogens is 268 g/mol. The summed E-state index contributed by atoms with van der Waals surface area (Å²) in [5.41, 5.74) is 6.15. The number of likely N-dealkylation sites (N-methyl/N-ethyl adjacent to an activating group) is 1. The minimum absolute atomic E-state index is 0.0531. The summed E-state index contributed by atoms with van der Waals surface area (Å²) in [4.78, 5) is 24.9. The number of nitrogen functional groups attached to an aromatic ring is 1. The van der Waals surface area contributed by atoms with Crippen LogP contribution in [0, 0.1) is 0 Å². The van der Waals surface area contributed by atoms with Crippen molar-refractivity contribution in [1.29, 1.82) is 0 Å². The maximum atomic E-state index is 11.7. The van der Waals surface area contributed by atoms with E-state index in [0.29, 0.717) is 10.7 Å². The molecule has 0 bridgehead atoms. The monoisotopic (exact) mass is 284 g/mol. The number of carbonyl (C=O) groups excluding carboxylic acids is 2. The Balaban J connectivity index is 2.61. The summed E-state index contributed by atoms with van der Waals surface area (Å²) in [6.45, 7) is 3.45. The molecule has 0 heterocycles. The second-order valence-corrected chi connectivity index (χ2v) is 4.82. The molecule has 0 aliphatic heterocycles. The highest BCUT2D eigenvalue weighted by atomic mass is 35.5. The Morgan fingerprint density at radius 3 is 2.58 bits per heavy atom. The molecule has 104 valence electrons. The van der Waals surface area contributed by atoms with Crippen LogP contribution in [0.2, 0.25) is 5.02 Å². The number of rotatable bonds is 4. The normalized spacial score (nSPS) is 10.4. The van der Waals surface area contributed by atoms with Crippen LogP contribution in [-0.2, 0) is 9.53 Å². The van der Waals surface area contributed by atoms with Gasteiger partial charge in [0.2, 0.25) is 0 Å². The van der Waals surface area contributed by atoms with Crippen molar-refractivity contribution in [2.45, 2.75) is 19.9 Å². The Labute approximate surface area is 117 Å².